The highest BCUT2D eigenvalue weighted by molar-refractivity contribution is 7.80. The van der Waals surface area contributed by atoms with Crippen molar-refractivity contribution in [3.05, 3.63) is 59.7 Å². The molecule has 0 heterocycles. The highest BCUT2D eigenvalue weighted by Gasteiger charge is 2.00. The number of anilines is 2. The molecule has 0 saturated heterocycles. The van der Waals surface area contributed by atoms with Gasteiger partial charge >= 0.3 is 0 Å². The first-order valence-electron chi connectivity index (χ1n) is 6.87. The Hall–Kier alpha value is -1.95. The fraction of sp³-hybridized carbons (Fsp3) is 0.188. The minimum absolute atomic E-state index is 0.540. The van der Waals surface area contributed by atoms with Gasteiger partial charge in [-0.05, 0) is 60.6 Å². The van der Waals surface area contributed by atoms with Crippen LogP contribution in [0.4, 0.5) is 11.4 Å². The monoisotopic (exact) mass is 300 g/mol. The molecule has 5 heteroatoms. The third-order valence-corrected chi connectivity index (χ3v) is 3.30. The molecule has 0 saturated carbocycles. The third-order valence-electron chi connectivity index (χ3n) is 3.09. The van der Waals surface area contributed by atoms with E-state index in [1.54, 1.807) is 0 Å². The van der Waals surface area contributed by atoms with E-state index in [1.807, 2.05) is 48.5 Å². The van der Waals surface area contributed by atoms with Crippen LogP contribution in [0, 0.1) is 0 Å². The van der Waals surface area contributed by atoms with Gasteiger partial charge in [-0.1, -0.05) is 24.3 Å². The van der Waals surface area contributed by atoms with E-state index in [4.69, 9.17) is 23.7 Å². The van der Waals surface area contributed by atoms with Gasteiger partial charge in [-0.3, -0.25) is 0 Å². The van der Waals surface area contributed by atoms with Crippen molar-refractivity contribution in [2.75, 3.05) is 17.2 Å². The Morgan fingerprint density at radius 2 is 1.29 bits per heavy atom. The van der Waals surface area contributed by atoms with Crippen LogP contribution in [0.2, 0.25) is 0 Å². The Kier molecular flexibility index (Phi) is 5.68. The molecule has 0 spiro atoms. The van der Waals surface area contributed by atoms with Crippen LogP contribution in [0.15, 0.2) is 48.5 Å². The zero-order valence-corrected chi connectivity index (χ0v) is 12.6. The molecule has 0 radical (unpaired) electrons. The largest absolute Gasteiger partial charge is 0.332 e. The predicted octanol–water partition coefficient (Wildman–Crippen LogP) is 2.46. The minimum Gasteiger partial charge on any atom is -0.332 e. The maximum atomic E-state index is 5.57. The van der Waals surface area contributed by atoms with Gasteiger partial charge in [0.25, 0.3) is 0 Å². The summed E-state index contributed by atoms with van der Waals surface area (Å²) in [4.78, 5) is 0. The van der Waals surface area contributed by atoms with Crippen molar-refractivity contribution in [3.8, 4) is 0 Å². The van der Waals surface area contributed by atoms with Gasteiger partial charge in [0.05, 0.1) is 0 Å². The Labute approximate surface area is 130 Å². The van der Waals surface area contributed by atoms with Crippen molar-refractivity contribution >= 4 is 28.7 Å². The topological polar surface area (TPSA) is 76.1 Å². The van der Waals surface area contributed by atoms with Crippen LogP contribution in [0.1, 0.15) is 11.1 Å². The molecule has 110 valence electrons. The van der Waals surface area contributed by atoms with Crippen LogP contribution in [-0.4, -0.2) is 11.7 Å². The number of hydrogen-bond acceptors (Lipinski definition) is 3. The van der Waals surface area contributed by atoms with Crippen LogP contribution in [0.5, 0.6) is 0 Å². The van der Waals surface area contributed by atoms with Gasteiger partial charge in [0.2, 0.25) is 0 Å². The first kappa shape index (κ1) is 15.4. The van der Waals surface area contributed by atoms with Crippen molar-refractivity contribution in [2.24, 2.45) is 11.5 Å². The Bertz CT molecular complexity index is 578. The molecule has 6 N–H and O–H groups in total. The average molecular weight is 300 g/mol. The van der Waals surface area contributed by atoms with Crippen LogP contribution < -0.4 is 22.1 Å². The normalized spacial score (nSPS) is 10.2. The van der Waals surface area contributed by atoms with Crippen LogP contribution in [0.25, 0.3) is 0 Å². The van der Waals surface area contributed by atoms with E-state index in [0.717, 1.165) is 23.4 Å². The molecule has 0 aliphatic carbocycles. The molecule has 0 amide bonds. The van der Waals surface area contributed by atoms with E-state index in [0.29, 0.717) is 18.2 Å². The zero-order valence-electron chi connectivity index (χ0n) is 11.8. The summed E-state index contributed by atoms with van der Waals surface area (Å²) >= 11 is 5.30. The standard InChI is InChI=1S/C16H20N4S/c17-10-9-12-1-5-14(6-2-12)19-16(21)20-15-7-3-13(11-18)4-8-15/h1-8H,9-11,17-18H2,(H2,19,20,21). The number of benzene rings is 2. The lowest BCUT2D eigenvalue weighted by atomic mass is 10.1. The van der Waals surface area contributed by atoms with Crippen molar-refractivity contribution in [1.29, 1.82) is 0 Å². The highest BCUT2D eigenvalue weighted by Crippen LogP contribution is 2.12. The third kappa shape index (κ3) is 4.82. The van der Waals surface area contributed by atoms with Crippen molar-refractivity contribution in [1.82, 2.24) is 0 Å². The Balaban J connectivity index is 1.91. The summed E-state index contributed by atoms with van der Waals surface area (Å²) in [6.45, 7) is 1.20. The Morgan fingerprint density at radius 3 is 1.71 bits per heavy atom. The van der Waals surface area contributed by atoms with Crippen molar-refractivity contribution < 1.29 is 0 Å². The summed E-state index contributed by atoms with van der Waals surface area (Å²) in [6.07, 6.45) is 0.885. The molecule has 2 aromatic rings. The molecule has 2 aromatic carbocycles. The second kappa shape index (κ2) is 7.73. The summed E-state index contributed by atoms with van der Waals surface area (Å²) in [5, 5.41) is 6.85. The summed E-state index contributed by atoms with van der Waals surface area (Å²) in [5.41, 5.74) is 15.3. The van der Waals surface area contributed by atoms with Crippen LogP contribution in [-0.2, 0) is 13.0 Å². The molecular formula is C16H20N4S. The number of hydrogen-bond donors (Lipinski definition) is 4. The average Bonchev–Trinajstić information content (AvgIpc) is 2.50. The molecule has 2 rings (SSSR count). The summed E-state index contributed by atoms with van der Waals surface area (Å²) in [6, 6.07) is 16.0. The first-order valence-corrected chi connectivity index (χ1v) is 7.28. The van der Waals surface area contributed by atoms with Gasteiger partial charge in [-0.2, -0.15) is 0 Å². The van der Waals surface area contributed by atoms with E-state index in [-0.39, 0.29) is 0 Å². The number of rotatable bonds is 5. The van der Waals surface area contributed by atoms with E-state index >= 15 is 0 Å². The molecule has 0 aromatic heterocycles. The smallest absolute Gasteiger partial charge is 0.175 e. The summed E-state index contributed by atoms with van der Waals surface area (Å²) in [7, 11) is 0. The second-order valence-electron chi connectivity index (χ2n) is 4.72. The molecule has 4 nitrogen and oxygen atoms in total. The van der Waals surface area contributed by atoms with Gasteiger partial charge in [0.1, 0.15) is 0 Å². The quantitative estimate of drug-likeness (QED) is 0.638. The molecule has 0 aliphatic heterocycles. The van der Waals surface area contributed by atoms with E-state index < -0.39 is 0 Å². The molecule has 0 bridgehead atoms. The maximum absolute atomic E-state index is 5.57. The lowest BCUT2D eigenvalue weighted by molar-refractivity contribution is 0.969. The molecule has 21 heavy (non-hydrogen) atoms. The molecule has 0 unspecified atom stereocenters. The van der Waals surface area contributed by atoms with Gasteiger partial charge in [-0.15, -0.1) is 0 Å². The van der Waals surface area contributed by atoms with Gasteiger partial charge in [-0.25, -0.2) is 0 Å². The number of nitrogens with one attached hydrogen (secondary N) is 2. The molecular weight excluding hydrogens is 280 g/mol. The molecule has 0 atom stereocenters. The lowest BCUT2D eigenvalue weighted by Gasteiger charge is -2.11. The van der Waals surface area contributed by atoms with E-state index in [1.165, 1.54) is 5.56 Å². The van der Waals surface area contributed by atoms with Crippen LogP contribution in [0.3, 0.4) is 0 Å². The lowest BCUT2D eigenvalue weighted by Crippen LogP contribution is -2.19. The SMILES string of the molecule is NCCc1ccc(NC(=S)Nc2ccc(CN)cc2)cc1. The molecule has 0 fully saturated rings. The van der Waals surface area contributed by atoms with Crippen LogP contribution >= 0.6 is 12.2 Å². The van der Waals surface area contributed by atoms with Crippen molar-refractivity contribution in [2.45, 2.75) is 13.0 Å². The maximum Gasteiger partial charge on any atom is 0.175 e. The predicted molar refractivity (Wildman–Crippen MR) is 93.4 cm³/mol. The number of nitrogens with two attached hydrogens (primary N) is 2. The highest BCUT2D eigenvalue weighted by atomic mass is 32.1. The van der Waals surface area contributed by atoms with Gasteiger partial charge < -0.3 is 22.1 Å². The van der Waals surface area contributed by atoms with E-state index in [2.05, 4.69) is 10.6 Å². The Morgan fingerprint density at radius 1 is 0.810 bits per heavy atom. The van der Waals surface area contributed by atoms with E-state index in [9.17, 15) is 0 Å². The fourth-order valence-electron chi connectivity index (χ4n) is 1.94. The zero-order chi connectivity index (χ0) is 15.1. The number of thiocarbonyl (C=S) groups is 1. The first-order chi connectivity index (χ1) is 10.2. The summed E-state index contributed by atoms with van der Waals surface area (Å²) < 4.78 is 0. The fourth-order valence-corrected chi connectivity index (χ4v) is 2.17. The van der Waals surface area contributed by atoms with Crippen molar-refractivity contribution in [3.63, 3.8) is 0 Å². The second-order valence-corrected chi connectivity index (χ2v) is 5.12. The van der Waals surface area contributed by atoms with Gasteiger partial charge in [0.15, 0.2) is 5.11 Å². The molecule has 0 aliphatic rings. The summed E-state index contributed by atoms with van der Waals surface area (Å²) in [5.74, 6) is 0. The van der Waals surface area contributed by atoms with Gasteiger partial charge in [0, 0.05) is 17.9 Å². The minimum atomic E-state index is 0.540.